The van der Waals surface area contributed by atoms with E-state index in [0.717, 1.165) is 5.56 Å². The van der Waals surface area contributed by atoms with Crippen molar-refractivity contribution >= 4 is 50.2 Å². The summed E-state index contributed by atoms with van der Waals surface area (Å²) in [5.41, 5.74) is 2.50. The third-order valence-corrected chi connectivity index (χ3v) is 6.01. The van der Waals surface area contributed by atoms with E-state index in [-0.39, 0.29) is 11.7 Å². The molecule has 0 bridgehead atoms. The third kappa shape index (κ3) is 4.40. The van der Waals surface area contributed by atoms with Crippen molar-refractivity contribution in [3.05, 3.63) is 76.1 Å². The van der Waals surface area contributed by atoms with Crippen LogP contribution in [0.15, 0.2) is 48.5 Å². The molecule has 2 heterocycles. The first-order valence-corrected chi connectivity index (χ1v) is 10.6. The summed E-state index contributed by atoms with van der Waals surface area (Å²) in [5, 5.41) is 13.0. The van der Waals surface area contributed by atoms with E-state index in [1.54, 1.807) is 6.92 Å². The van der Waals surface area contributed by atoms with Gasteiger partial charge in [0.05, 0.1) is 15.3 Å². The molecule has 1 amide bonds. The van der Waals surface area contributed by atoms with Crippen LogP contribution in [0.25, 0.3) is 10.2 Å². The number of aromatic nitrogens is 2. The summed E-state index contributed by atoms with van der Waals surface area (Å²) in [6.45, 7) is 3.64. The van der Waals surface area contributed by atoms with Gasteiger partial charge in [-0.25, -0.2) is 9.78 Å². The summed E-state index contributed by atoms with van der Waals surface area (Å²) in [6, 6.07) is 14.1. The van der Waals surface area contributed by atoms with Gasteiger partial charge in [-0.15, -0.1) is 0 Å². The number of carboxylic acids is 1. The Bertz CT molecular complexity index is 1260. The Morgan fingerprint density at radius 1 is 1.23 bits per heavy atom. The van der Waals surface area contributed by atoms with Crippen molar-refractivity contribution in [3.63, 3.8) is 0 Å². The average molecular weight is 456 g/mol. The van der Waals surface area contributed by atoms with Crippen LogP contribution < -0.4 is 10.1 Å². The fraction of sp³-hybridized carbons (Fsp3) is 0.136. The van der Waals surface area contributed by atoms with Crippen molar-refractivity contribution in [1.29, 1.82) is 0 Å². The van der Waals surface area contributed by atoms with Crippen LogP contribution >= 0.6 is 22.9 Å². The maximum atomic E-state index is 12.5. The predicted molar refractivity (Wildman–Crippen MR) is 121 cm³/mol. The van der Waals surface area contributed by atoms with E-state index >= 15 is 0 Å². The van der Waals surface area contributed by atoms with Crippen LogP contribution in [-0.4, -0.2) is 27.0 Å². The molecule has 31 heavy (non-hydrogen) atoms. The van der Waals surface area contributed by atoms with E-state index < -0.39 is 11.9 Å². The Labute approximate surface area is 186 Å². The molecule has 4 rings (SSSR count). The first-order chi connectivity index (χ1) is 14.8. The molecule has 1 atom stereocenters. The molecule has 0 aliphatic rings. The number of rotatable bonds is 6. The molecular weight excluding hydrogens is 438 g/mol. The van der Waals surface area contributed by atoms with Crippen molar-refractivity contribution in [2.24, 2.45) is 0 Å². The second kappa shape index (κ2) is 8.41. The zero-order valence-electron chi connectivity index (χ0n) is 16.6. The van der Waals surface area contributed by atoms with Crippen molar-refractivity contribution < 1.29 is 19.4 Å². The molecule has 3 N–H and O–H groups in total. The number of fused-ring (bicyclic) bond motifs is 1. The number of carbonyl (C=O) groups excluding carboxylic acids is 1. The number of H-pyrrole nitrogens is 1. The maximum absolute atomic E-state index is 12.5. The van der Waals surface area contributed by atoms with Gasteiger partial charge >= 0.3 is 5.97 Å². The first kappa shape index (κ1) is 20.9. The lowest BCUT2D eigenvalue weighted by Crippen LogP contribution is -2.12. The summed E-state index contributed by atoms with van der Waals surface area (Å²) in [7, 11) is 0. The number of amides is 1. The maximum Gasteiger partial charge on any atom is 0.335 e. The van der Waals surface area contributed by atoms with Crippen molar-refractivity contribution in [1.82, 2.24) is 9.97 Å². The molecule has 2 aromatic carbocycles. The van der Waals surface area contributed by atoms with Crippen molar-refractivity contribution in [2.45, 2.75) is 20.0 Å². The Hall–Kier alpha value is -3.36. The number of halogens is 1. The topological polar surface area (TPSA) is 104 Å². The lowest BCUT2D eigenvalue weighted by molar-refractivity contribution is 0.0696. The fourth-order valence-corrected chi connectivity index (χ4v) is 4.14. The quantitative estimate of drug-likeness (QED) is 0.347. The number of ether oxygens (including phenoxy) is 1. The van der Waals surface area contributed by atoms with Gasteiger partial charge in [0, 0.05) is 5.69 Å². The summed E-state index contributed by atoms with van der Waals surface area (Å²) < 4.78 is 6.66. The average Bonchev–Trinajstić information content (AvgIpc) is 3.31. The molecule has 0 fully saturated rings. The number of hydrogen-bond acceptors (Lipinski definition) is 5. The standard InChI is InChI=1S/C22H18ClN3O4S/c1-11-15(23)10-16(24-11)20(27)26-22-25-19-17(8-14(21(28)29)9-18(19)31-22)30-12(2)13-6-4-3-5-7-13/h3-10,12,24H,1-2H3,(H,28,29)(H,25,26,27). The van der Waals surface area contributed by atoms with Crippen LogP contribution in [0.1, 0.15) is 45.1 Å². The normalized spacial score (nSPS) is 12.0. The molecule has 9 heteroatoms. The van der Waals surface area contributed by atoms with E-state index in [9.17, 15) is 14.7 Å². The largest absolute Gasteiger partial charge is 0.484 e. The van der Waals surface area contributed by atoms with Gasteiger partial charge in [0.2, 0.25) is 0 Å². The minimum Gasteiger partial charge on any atom is -0.484 e. The Kier molecular flexibility index (Phi) is 5.67. The molecule has 0 saturated carbocycles. The number of nitrogens with zero attached hydrogens (tertiary/aromatic N) is 1. The lowest BCUT2D eigenvalue weighted by Gasteiger charge is -2.15. The van der Waals surface area contributed by atoms with Crippen molar-refractivity contribution in [3.8, 4) is 5.75 Å². The molecule has 0 spiro atoms. The van der Waals surface area contributed by atoms with E-state index in [1.807, 2.05) is 37.3 Å². The molecule has 0 aliphatic heterocycles. The summed E-state index contributed by atoms with van der Waals surface area (Å²) in [6.07, 6.45) is -0.322. The number of aryl methyl sites for hydroxylation is 1. The van der Waals surface area contributed by atoms with Gasteiger partial charge in [-0.1, -0.05) is 53.3 Å². The van der Waals surface area contributed by atoms with E-state index in [4.69, 9.17) is 16.3 Å². The van der Waals surface area contributed by atoms with Crippen LogP contribution in [0.5, 0.6) is 5.75 Å². The molecule has 158 valence electrons. The SMILES string of the molecule is Cc1[nH]c(C(=O)Nc2nc3c(OC(C)c4ccccc4)cc(C(=O)O)cc3s2)cc1Cl. The fourth-order valence-electron chi connectivity index (χ4n) is 3.07. The minimum atomic E-state index is -1.07. The van der Waals surface area contributed by atoms with Crippen LogP contribution in [-0.2, 0) is 0 Å². The Balaban J connectivity index is 1.67. The lowest BCUT2D eigenvalue weighted by atomic mass is 10.1. The molecule has 0 saturated heterocycles. The molecule has 0 radical (unpaired) electrons. The highest BCUT2D eigenvalue weighted by Gasteiger charge is 2.19. The number of thiazole rings is 1. The Morgan fingerprint density at radius 3 is 2.61 bits per heavy atom. The zero-order valence-corrected chi connectivity index (χ0v) is 18.2. The van der Waals surface area contributed by atoms with Crippen molar-refractivity contribution in [2.75, 3.05) is 5.32 Å². The van der Waals surface area contributed by atoms with Gasteiger partial charge in [0.15, 0.2) is 5.13 Å². The number of aromatic carboxylic acids is 1. The summed E-state index contributed by atoms with van der Waals surface area (Å²) in [4.78, 5) is 31.5. The molecule has 0 aliphatic carbocycles. The number of nitrogens with one attached hydrogen (secondary N) is 2. The van der Waals surface area contributed by atoms with Gasteiger partial charge < -0.3 is 14.8 Å². The number of benzene rings is 2. The van der Waals surface area contributed by atoms with E-state index in [1.165, 1.54) is 29.5 Å². The number of anilines is 1. The van der Waals surface area contributed by atoms with E-state index in [0.29, 0.717) is 37.5 Å². The summed E-state index contributed by atoms with van der Waals surface area (Å²) in [5.74, 6) is -1.14. The molecule has 4 aromatic rings. The highest BCUT2D eigenvalue weighted by Crippen LogP contribution is 2.36. The van der Waals surface area contributed by atoms with Crippen LogP contribution in [0.4, 0.5) is 5.13 Å². The number of carbonyl (C=O) groups is 2. The molecule has 2 aromatic heterocycles. The highest BCUT2D eigenvalue weighted by molar-refractivity contribution is 7.22. The van der Waals surface area contributed by atoms with Gasteiger partial charge in [-0.2, -0.15) is 0 Å². The van der Waals surface area contributed by atoms with Gasteiger partial charge in [0.25, 0.3) is 5.91 Å². The monoisotopic (exact) mass is 455 g/mol. The van der Waals surface area contributed by atoms with E-state index in [2.05, 4.69) is 15.3 Å². The first-order valence-electron chi connectivity index (χ1n) is 9.37. The second-order valence-electron chi connectivity index (χ2n) is 6.93. The second-order valence-corrected chi connectivity index (χ2v) is 8.36. The summed E-state index contributed by atoms with van der Waals surface area (Å²) >= 11 is 7.18. The number of carboxylic acid groups (broad SMARTS) is 1. The molecular formula is C22H18ClN3O4S. The Morgan fingerprint density at radius 2 is 1.97 bits per heavy atom. The third-order valence-electron chi connectivity index (χ3n) is 4.70. The van der Waals surface area contributed by atoms with Crippen LogP contribution in [0, 0.1) is 6.92 Å². The van der Waals surface area contributed by atoms with Crippen LogP contribution in [0.3, 0.4) is 0 Å². The van der Waals surface area contributed by atoms with Gasteiger partial charge in [-0.05, 0) is 37.6 Å². The number of aromatic amines is 1. The highest BCUT2D eigenvalue weighted by atomic mass is 35.5. The van der Waals surface area contributed by atoms with Gasteiger partial charge in [-0.3, -0.25) is 10.1 Å². The zero-order chi connectivity index (χ0) is 22.1. The van der Waals surface area contributed by atoms with Gasteiger partial charge in [0.1, 0.15) is 23.1 Å². The number of hydrogen-bond donors (Lipinski definition) is 3. The smallest absolute Gasteiger partial charge is 0.335 e. The van der Waals surface area contributed by atoms with Crippen LogP contribution in [0.2, 0.25) is 5.02 Å². The minimum absolute atomic E-state index is 0.0797. The molecule has 1 unspecified atom stereocenters. The molecule has 7 nitrogen and oxygen atoms in total. The predicted octanol–water partition coefficient (Wildman–Crippen LogP) is 5.68.